The quantitative estimate of drug-likeness (QED) is 0.530. The van der Waals surface area contributed by atoms with E-state index < -0.39 is 0 Å². The fourth-order valence-corrected chi connectivity index (χ4v) is 1.76. The van der Waals surface area contributed by atoms with E-state index >= 15 is 0 Å². The van der Waals surface area contributed by atoms with Crippen molar-refractivity contribution in [1.29, 1.82) is 0 Å². The maximum absolute atomic E-state index is 5.79. The molecule has 0 amide bonds. The predicted molar refractivity (Wildman–Crippen MR) is 84.3 cm³/mol. The third-order valence-electron chi connectivity index (χ3n) is 2.87. The molecular formula is C16H26LiO2P. The van der Waals surface area contributed by atoms with Gasteiger partial charge in [-0.2, -0.15) is 5.30 Å². The normalized spacial score (nSPS) is 10.6. The second-order valence-corrected chi connectivity index (χ2v) is 6.26. The zero-order valence-electron chi connectivity index (χ0n) is 13.5. The Bertz CT molecular complexity index is 381. The first kappa shape index (κ1) is 19.8. The van der Waals surface area contributed by atoms with Crippen molar-refractivity contribution < 1.29 is 28.3 Å². The molecule has 4 heteroatoms. The molecule has 0 saturated heterocycles. The minimum Gasteiger partial charge on any atom is -0.521 e. The van der Waals surface area contributed by atoms with E-state index in [4.69, 9.17) is 9.47 Å². The maximum atomic E-state index is 5.79. The monoisotopic (exact) mass is 288 g/mol. The minimum atomic E-state index is 0. The van der Waals surface area contributed by atoms with Gasteiger partial charge in [0.25, 0.3) is 0 Å². The summed E-state index contributed by atoms with van der Waals surface area (Å²) in [6.07, 6.45) is 2.13. The SMILES string of the molecule is CC(C)CCOc1ccc([PH-])c(OCCC(C)C)c1.[Li+]. The number of hydrogen-bond donors (Lipinski definition) is 0. The number of ether oxygens (including phenoxy) is 2. The molecular weight excluding hydrogens is 262 g/mol. The van der Waals surface area contributed by atoms with Gasteiger partial charge in [-0.1, -0.05) is 33.8 Å². The van der Waals surface area contributed by atoms with Crippen LogP contribution in [0.1, 0.15) is 40.5 Å². The molecule has 2 nitrogen and oxygen atoms in total. The molecule has 0 aliphatic heterocycles. The van der Waals surface area contributed by atoms with E-state index in [2.05, 4.69) is 36.9 Å². The van der Waals surface area contributed by atoms with Crippen molar-refractivity contribution in [2.45, 2.75) is 40.5 Å². The van der Waals surface area contributed by atoms with Gasteiger partial charge in [-0.05, 0) is 30.7 Å². The Morgan fingerprint density at radius 1 is 0.950 bits per heavy atom. The van der Waals surface area contributed by atoms with Crippen LogP contribution >= 0.6 is 9.24 Å². The summed E-state index contributed by atoms with van der Waals surface area (Å²) < 4.78 is 11.5. The van der Waals surface area contributed by atoms with E-state index in [9.17, 15) is 0 Å². The third kappa shape index (κ3) is 8.21. The van der Waals surface area contributed by atoms with Gasteiger partial charge in [0.2, 0.25) is 0 Å². The van der Waals surface area contributed by atoms with E-state index in [-0.39, 0.29) is 18.9 Å². The van der Waals surface area contributed by atoms with E-state index in [1.807, 2.05) is 18.2 Å². The first-order valence-corrected chi connectivity index (χ1v) is 7.60. The van der Waals surface area contributed by atoms with E-state index in [1.54, 1.807) is 0 Å². The van der Waals surface area contributed by atoms with Gasteiger partial charge in [0.05, 0.1) is 19.0 Å². The second-order valence-electron chi connectivity index (χ2n) is 5.72. The Morgan fingerprint density at radius 3 is 2.05 bits per heavy atom. The number of benzene rings is 1. The van der Waals surface area contributed by atoms with Crippen LogP contribution in [0.2, 0.25) is 0 Å². The van der Waals surface area contributed by atoms with Crippen LogP contribution in [0.4, 0.5) is 0 Å². The molecule has 108 valence electrons. The van der Waals surface area contributed by atoms with E-state index in [0.717, 1.165) is 42.9 Å². The van der Waals surface area contributed by atoms with Gasteiger partial charge < -0.3 is 18.7 Å². The summed E-state index contributed by atoms with van der Waals surface area (Å²) >= 11 is 0. The molecule has 0 aliphatic carbocycles. The van der Waals surface area contributed by atoms with Gasteiger partial charge in [0.15, 0.2) is 0 Å². The van der Waals surface area contributed by atoms with E-state index in [1.165, 1.54) is 0 Å². The minimum absolute atomic E-state index is 0. The standard InChI is InChI=1S/C16H26O2P.Li/c1-12(2)7-9-17-14-5-6-16(19)15(11-14)18-10-8-13(3)4;/h5-6,11-13,19H,7-10H2,1-4H3;/q-1;+1. The van der Waals surface area contributed by atoms with Gasteiger partial charge in [0, 0.05) is 6.07 Å². The van der Waals surface area contributed by atoms with Crippen molar-refractivity contribution in [2.75, 3.05) is 13.2 Å². The summed E-state index contributed by atoms with van der Waals surface area (Å²) in [4.78, 5) is 0. The summed E-state index contributed by atoms with van der Waals surface area (Å²) in [5.74, 6) is 3.06. The Morgan fingerprint density at radius 2 is 1.50 bits per heavy atom. The molecule has 0 aliphatic rings. The molecule has 1 aromatic rings. The topological polar surface area (TPSA) is 18.5 Å². The van der Waals surface area contributed by atoms with Crippen molar-refractivity contribution in [1.82, 2.24) is 0 Å². The molecule has 1 aromatic carbocycles. The third-order valence-corrected chi connectivity index (χ3v) is 3.28. The van der Waals surface area contributed by atoms with Crippen molar-refractivity contribution >= 4 is 14.5 Å². The van der Waals surface area contributed by atoms with Gasteiger partial charge in [-0.3, -0.25) is 0 Å². The van der Waals surface area contributed by atoms with Gasteiger partial charge >= 0.3 is 18.9 Å². The summed E-state index contributed by atoms with van der Waals surface area (Å²) in [6, 6.07) is 5.91. The van der Waals surface area contributed by atoms with Crippen LogP contribution < -0.4 is 33.6 Å². The average Bonchev–Trinajstić information content (AvgIpc) is 2.32. The molecule has 0 saturated carbocycles. The van der Waals surface area contributed by atoms with Crippen molar-refractivity contribution in [3.8, 4) is 11.5 Å². The zero-order chi connectivity index (χ0) is 14.3. The van der Waals surface area contributed by atoms with Gasteiger partial charge in [-0.25, -0.2) is 0 Å². The maximum Gasteiger partial charge on any atom is 1.00 e. The van der Waals surface area contributed by atoms with Crippen molar-refractivity contribution in [3.05, 3.63) is 18.2 Å². The number of hydrogen-bond acceptors (Lipinski definition) is 2. The van der Waals surface area contributed by atoms with Crippen LogP contribution in [0, 0.1) is 11.8 Å². The predicted octanol–water partition coefficient (Wildman–Crippen LogP) is 1.31. The second kappa shape index (κ2) is 10.6. The summed E-state index contributed by atoms with van der Waals surface area (Å²) in [7, 11) is 3.56. The molecule has 20 heavy (non-hydrogen) atoms. The molecule has 0 unspecified atom stereocenters. The molecule has 0 radical (unpaired) electrons. The average molecular weight is 288 g/mol. The van der Waals surface area contributed by atoms with E-state index in [0.29, 0.717) is 11.8 Å². The first-order chi connectivity index (χ1) is 8.99. The molecule has 0 aromatic heterocycles. The van der Waals surface area contributed by atoms with Crippen LogP contribution in [0.25, 0.3) is 0 Å². The summed E-state index contributed by atoms with van der Waals surface area (Å²) in [5, 5.41) is 0.972. The van der Waals surface area contributed by atoms with Crippen molar-refractivity contribution in [3.63, 3.8) is 0 Å². The summed E-state index contributed by atoms with van der Waals surface area (Å²) in [5.41, 5.74) is 0. The Kier molecular flexibility index (Phi) is 10.5. The zero-order valence-corrected chi connectivity index (χ0v) is 14.5. The molecule has 0 heterocycles. The summed E-state index contributed by atoms with van der Waals surface area (Å²) in [6.45, 7) is 10.3. The fourth-order valence-electron chi connectivity index (χ4n) is 1.53. The first-order valence-electron chi connectivity index (χ1n) is 7.10. The van der Waals surface area contributed by atoms with Crippen LogP contribution in [0.15, 0.2) is 18.2 Å². The molecule has 0 spiro atoms. The van der Waals surface area contributed by atoms with Crippen LogP contribution in [0.3, 0.4) is 0 Å². The molecule has 0 N–H and O–H groups in total. The smallest absolute Gasteiger partial charge is 0.521 e. The van der Waals surface area contributed by atoms with Crippen LogP contribution in [-0.2, 0) is 0 Å². The fraction of sp³-hybridized carbons (Fsp3) is 0.625. The molecule has 1 rings (SSSR count). The Balaban J connectivity index is 0.00000361. The van der Waals surface area contributed by atoms with Gasteiger partial charge in [0.1, 0.15) is 5.75 Å². The van der Waals surface area contributed by atoms with Crippen molar-refractivity contribution in [2.24, 2.45) is 11.8 Å². The molecule has 0 bridgehead atoms. The molecule has 0 atom stereocenters. The number of rotatable bonds is 8. The largest absolute Gasteiger partial charge is 1.00 e. The Hall–Kier alpha value is -0.153. The van der Waals surface area contributed by atoms with Gasteiger partial charge in [-0.15, -0.1) is 0 Å². The van der Waals surface area contributed by atoms with Crippen LogP contribution in [0.5, 0.6) is 11.5 Å². The molecule has 0 fully saturated rings. The Labute approximate surface area is 138 Å². The van der Waals surface area contributed by atoms with Crippen LogP contribution in [-0.4, -0.2) is 13.2 Å².